The molecule has 0 aromatic heterocycles. The highest BCUT2D eigenvalue weighted by Crippen LogP contribution is 2.24. The van der Waals surface area contributed by atoms with Crippen molar-refractivity contribution in [3.05, 3.63) is 29.3 Å². The van der Waals surface area contributed by atoms with Crippen LogP contribution >= 0.6 is 0 Å². The molecule has 0 spiro atoms. The van der Waals surface area contributed by atoms with Gasteiger partial charge in [-0.1, -0.05) is 17.7 Å². The third-order valence-corrected chi connectivity index (χ3v) is 9.26. The lowest BCUT2D eigenvalue weighted by atomic mass is 10.1. The predicted molar refractivity (Wildman–Crippen MR) is 87.9 cm³/mol. The summed E-state index contributed by atoms with van der Waals surface area (Å²) in [5, 5.41) is 9.84. The van der Waals surface area contributed by atoms with Gasteiger partial charge in [-0.25, -0.2) is 0 Å². The topological polar surface area (TPSA) is 29.5 Å². The molecule has 0 bridgehead atoms. The van der Waals surface area contributed by atoms with Crippen molar-refractivity contribution in [2.75, 3.05) is 0 Å². The summed E-state index contributed by atoms with van der Waals surface area (Å²) in [6.45, 7) is 13.5. The molecule has 0 saturated carbocycles. The Labute approximate surface area is 120 Å². The molecule has 0 heterocycles. The van der Waals surface area contributed by atoms with Gasteiger partial charge in [0, 0.05) is 0 Å². The number of hydrogen-bond donors (Lipinski definition) is 1. The Balaban J connectivity index is 2.52. The van der Waals surface area contributed by atoms with Crippen LogP contribution in [0.15, 0.2) is 18.2 Å². The van der Waals surface area contributed by atoms with Crippen molar-refractivity contribution in [2.45, 2.75) is 58.5 Å². The Morgan fingerprint density at radius 1 is 1.11 bits per heavy atom. The predicted octanol–water partition coefficient (Wildman–Crippen LogP) is 4.69. The molecule has 1 aromatic carbocycles. The number of phenols is 1. The Morgan fingerprint density at radius 2 is 1.74 bits per heavy atom. The smallest absolute Gasteiger partial charge is 0.173 e. The largest absolute Gasteiger partial charge is 0.508 e. The van der Waals surface area contributed by atoms with E-state index in [-0.39, 0.29) is 0 Å². The van der Waals surface area contributed by atoms with Crippen LogP contribution in [0.3, 0.4) is 0 Å². The van der Waals surface area contributed by atoms with Gasteiger partial charge in [0.25, 0.3) is 0 Å². The van der Waals surface area contributed by atoms with Crippen LogP contribution in [0.2, 0.25) is 38.8 Å². The highest BCUT2D eigenvalue weighted by Gasteiger charge is 2.28. The maximum atomic E-state index is 9.84. The second kappa shape index (κ2) is 6.24. The van der Waals surface area contributed by atoms with Crippen LogP contribution in [0, 0.1) is 6.92 Å². The van der Waals surface area contributed by atoms with Crippen molar-refractivity contribution in [3.8, 4) is 5.75 Å². The molecule has 4 heteroatoms. The standard InChI is InChI=1S/C15H28O2Si2/c1-13-9-10-15(16)14(12-13)8-7-11-19(5,6)17-18(2,3)4/h9-10,12,16H,7-8,11H2,1-6H3. The van der Waals surface area contributed by atoms with E-state index in [4.69, 9.17) is 4.12 Å². The highest BCUT2D eigenvalue weighted by atomic mass is 28.4. The Morgan fingerprint density at radius 3 is 2.32 bits per heavy atom. The summed E-state index contributed by atoms with van der Waals surface area (Å²) in [6.07, 6.45) is 2.04. The van der Waals surface area contributed by atoms with Gasteiger partial charge >= 0.3 is 0 Å². The molecule has 0 aliphatic carbocycles. The van der Waals surface area contributed by atoms with Crippen LogP contribution in [-0.2, 0) is 10.5 Å². The SMILES string of the molecule is Cc1ccc(O)c(CCC[Si](C)(C)O[Si](C)(C)C)c1. The summed E-state index contributed by atoms with van der Waals surface area (Å²) in [5.41, 5.74) is 2.28. The van der Waals surface area contributed by atoms with E-state index in [1.165, 1.54) is 5.56 Å². The van der Waals surface area contributed by atoms with E-state index in [0.29, 0.717) is 5.75 Å². The van der Waals surface area contributed by atoms with Crippen molar-refractivity contribution in [1.82, 2.24) is 0 Å². The lowest BCUT2D eigenvalue weighted by molar-refractivity contribution is 0.467. The molecular formula is C15H28O2Si2. The summed E-state index contributed by atoms with van der Waals surface area (Å²) < 4.78 is 6.33. The monoisotopic (exact) mass is 296 g/mol. The van der Waals surface area contributed by atoms with E-state index in [2.05, 4.69) is 45.7 Å². The number of rotatable bonds is 6. The molecule has 0 aliphatic rings. The molecule has 0 saturated heterocycles. The second-order valence-corrected chi connectivity index (χ2v) is 16.0. The number of aromatic hydroxyl groups is 1. The molecule has 0 radical (unpaired) electrons. The Hall–Kier alpha value is -0.586. The zero-order chi connectivity index (χ0) is 14.7. The van der Waals surface area contributed by atoms with E-state index < -0.39 is 16.6 Å². The first kappa shape index (κ1) is 16.5. The van der Waals surface area contributed by atoms with Gasteiger partial charge in [-0.3, -0.25) is 0 Å². The highest BCUT2D eigenvalue weighted by molar-refractivity contribution is 6.84. The number of hydrogen-bond acceptors (Lipinski definition) is 2. The molecule has 0 atom stereocenters. The zero-order valence-electron chi connectivity index (χ0n) is 13.2. The molecule has 1 N–H and O–H groups in total. The van der Waals surface area contributed by atoms with Gasteiger partial charge in [-0.15, -0.1) is 0 Å². The lowest BCUT2D eigenvalue weighted by Crippen LogP contribution is -2.42. The maximum absolute atomic E-state index is 9.84. The van der Waals surface area contributed by atoms with Crippen molar-refractivity contribution in [3.63, 3.8) is 0 Å². The molecule has 0 aliphatic heterocycles. The minimum Gasteiger partial charge on any atom is -0.508 e. The van der Waals surface area contributed by atoms with Gasteiger partial charge < -0.3 is 9.22 Å². The van der Waals surface area contributed by atoms with Gasteiger partial charge in [-0.2, -0.15) is 0 Å². The van der Waals surface area contributed by atoms with Gasteiger partial charge in [0.1, 0.15) is 5.75 Å². The van der Waals surface area contributed by atoms with Gasteiger partial charge in [0.05, 0.1) is 0 Å². The number of phenolic OH excluding ortho intramolecular Hbond substituents is 1. The third kappa shape index (κ3) is 6.41. The summed E-state index contributed by atoms with van der Waals surface area (Å²) >= 11 is 0. The Bertz CT molecular complexity index is 423. The van der Waals surface area contributed by atoms with E-state index in [9.17, 15) is 5.11 Å². The first-order valence-electron chi connectivity index (χ1n) is 7.08. The van der Waals surface area contributed by atoms with Crippen molar-refractivity contribution >= 4 is 16.6 Å². The normalized spacial score (nSPS) is 12.7. The summed E-state index contributed by atoms with van der Waals surface area (Å²) in [5.74, 6) is 0.427. The lowest BCUT2D eigenvalue weighted by Gasteiger charge is -2.31. The fourth-order valence-electron chi connectivity index (χ4n) is 2.50. The van der Waals surface area contributed by atoms with E-state index in [1.807, 2.05) is 6.07 Å². The van der Waals surface area contributed by atoms with Crippen LogP contribution in [0.1, 0.15) is 17.5 Å². The minimum absolute atomic E-state index is 0.427. The molecule has 1 rings (SSSR count). The number of benzene rings is 1. The molecule has 1 aromatic rings. The third-order valence-electron chi connectivity index (χ3n) is 3.04. The fraction of sp³-hybridized carbons (Fsp3) is 0.600. The van der Waals surface area contributed by atoms with Gasteiger partial charge in [0.15, 0.2) is 16.6 Å². The quantitative estimate of drug-likeness (QED) is 0.772. The van der Waals surface area contributed by atoms with Crippen molar-refractivity contribution < 1.29 is 9.22 Å². The Kier molecular flexibility index (Phi) is 5.41. The molecule has 0 unspecified atom stereocenters. The molecular weight excluding hydrogens is 268 g/mol. The van der Waals surface area contributed by atoms with Gasteiger partial charge in [0.2, 0.25) is 0 Å². The fourth-order valence-corrected chi connectivity index (χ4v) is 10.6. The summed E-state index contributed by atoms with van der Waals surface area (Å²) in [6, 6.07) is 6.99. The summed E-state index contributed by atoms with van der Waals surface area (Å²) in [4.78, 5) is 0. The van der Waals surface area contributed by atoms with Gasteiger partial charge in [-0.05, 0) is 70.2 Å². The first-order valence-corrected chi connectivity index (χ1v) is 13.6. The first-order chi connectivity index (χ1) is 8.59. The average molecular weight is 297 g/mol. The van der Waals surface area contributed by atoms with E-state index in [1.54, 1.807) is 6.07 Å². The molecule has 0 amide bonds. The minimum atomic E-state index is -1.54. The van der Waals surface area contributed by atoms with Crippen LogP contribution < -0.4 is 0 Å². The van der Waals surface area contributed by atoms with Crippen LogP contribution in [0.4, 0.5) is 0 Å². The molecule has 0 fully saturated rings. The van der Waals surface area contributed by atoms with E-state index >= 15 is 0 Å². The van der Waals surface area contributed by atoms with Crippen molar-refractivity contribution in [1.29, 1.82) is 0 Å². The average Bonchev–Trinajstić information content (AvgIpc) is 2.19. The molecule has 2 nitrogen and oxygen atoms in total. The number of aryl methyl sites for hydroxylation is 2. The van der Waals surface area contributed by atoms with Crippen LogP contribution in [0.5, 0.6) is 5.75 Å². The van der Waals surface area contributed by atoms with E-state index in [0.717, 1.165) is 24.4 Å². The van der Waals surface area contributed by atoms with Crippen LogP contribution in [-0.4, -0.2) is 21.7 Å². The van der Waals surface area contributed by atoms with Crippen LogP contribution in [0.25, 0.3) is 0 Å². The zero-order valence-corrected chi connectivity index (χ0v) is 15.2. The second-order valence-electron chi connectivity index (χ2n) is 6.96. The maximum Gasteiger partial charge on any atom is 0.173 e. The molecule has 19 heavy (non-hydrogen) atoms. The van der Waals surface area contributed by atoms with Crippen molar-refractivity contribution in [2.24, 2.45) is 0 Å². The summed E-state index contributed by atoms with van der Waals surface area (Å²) in [7, 11) is -2.97. The molecule has 108 valence electrons.